The molecule has 0 aromatic heterocycles. The van der Waals surface area contributed by atoms with E-state index in [-0.39, 0.29) is 11.7 Å². The van der Waals surface area contributed by atoms with Gasteiger partial charge in [0.1, 0.15) is 11.6 Å². The largest absolute Gasteiger partial charge is 0.497 e. The number of benzene rings is 2. The summed E-state index contributed by atoms with van der Waals surface area (Å²) >= 11 is 1.50. The number of hydrogen-bond acceptors (Lipinski definition) is 4. The molecule has 2 rings (SSSR count). The van der Waals surface area contributed by atoms with Crippen molar-refractivity contribution in [1.29, 1.82) is 0 Å². The Hall–Kier alpha value is -2.34. The molecule has 0 atom stereocenters. The number of hydrazone groups is 1. The van der Waals surface area contributed by atoms with Crippen molar-refractivity contribution in [3.8, 4) is 5.75 Å². The van der Waals surface area contributed by atoms with Crippen LogP contribution >= 0.6 is 11.8 Å². The van der Waals surface area contributed by atoms with Crippen LogP contribution < -0.4 is 10.2 Å². The highest BCUT2D eigenvalue weighted by molar-refractivity contribution is 7.99. The number of methoxy groups -OCH3 is 1. The Labute approximate surface area is 145 Å². The molecular weight excluding hydrogens is 327 g/mol. The van der Waals surface area contributed by atoms with Crippen molar-refractivity contribution in [2.75, 3.05) is 12.9 Å². The normalized spacial score (nSPS) is 11.2. The third-order valence-corrected chi connectivity index (χ3v) is 4.28. The van der Waals surface area contributed by atoms with Crippen LogP contribution in [0.2, 0.25) is 0 Å². The van der Waals surface area contributed by atoms with Gasteiger partial charge in [-0.15, -0.1) is 11.8 Å². The lowest BCUT2D eigenvalue weighted by Crippen LogP contribution is -2.19. The summed E-state index contributed by atoms with van der Waals surface area (Å²) in [6, 6.07) is 13.7. The van der Waals surface area contributed by atoms with Crippen molar-refractivity contribution in [2.45, 2.75) is 18.2 Å². The number of carbonyl (C=O) groups is 1. The van der Waals surface area contributed by atoms with Gasteiger partial charge in [0, 0.05) is 17.1 Å². The van der Waals surface area contributed by atoms with E-state index in [0.29, 0.717) is 12.2 Å². The number of amides is 1. The first-order chi connectivity index (χ1) is 11.6. The molecule has 2 aromatic rings. The van der Waals surface area contributed by atoms with Gasteiger partial charge in [-0.1, -0.05) is 0 Å². The molecule has 126 valence electrons. The fourth-order valence-electron chi connectivity index (χ4n) is 1.89. The molecular formula is C18H19FN2O2S. The molecule has 0 radical (unpaired) electrons. The maximum atomic E-state index is 12.8. The Morgan fingerprint density at radius 3 is 2.46 bits per heavy atom. The first kappa shape index (κ1) is 18.0. The van der Waals surface area contributed by atoms with Crippen LogP contribution in [-0.4, -0.2) is 24.5 Å². The third-order valence-electron chi connectivity index (χ3n) is 3.27. The van der Waals surface area contributed by atoms with Gasteiger partial charge in [0.25, 0.3) is 0 Å². The van der Waals surface area contributed by atoms with Gasteiger partial charge in [0.2, 0.25) is 5.91 Å². The van der Waals surface area contributed by atoms with Crippen molar-refractivity contribution >= 4 is 23.4 Å². The lowest BCUT2D eigenvalue weighted by molar-refractivity contribution is -0.120. The Morgan fingerprint density at radius 2 is 1.83 bits per heavy atom. The van der Waals surface area contributed by atoms with Crippen LogP contribution in [-0.2, 0) is 4.79 Å². The molecule has 0 unspecified atom stereocenters. The Morgan fingerprint density at radius 1 is 1.17 bits per heavy atom. The van der Waals surface area contributed by atoms with E-state index in [9.17, 15) is 9.18 Å². The standard InChI is InChI=1S/C18H19FN2O2S/c1-13(14-3-7-16(23-2)8-4-14)20-21-18(22)11-12-24-17-9-5-15(19)6-10-17/h3-10H,11-12H2,1-2H3,(H,21,22)/b20-13-. The minimum atomic E-state index is -0.263. The van der Waals surface area contributed by atoms with Crippen LogP contribution in [0.3, 0.4) is 0 Å². The van der Waals surface area contributed by atoms with Gasteiger partial charge >= 0.3 is 0 Å². The zero-order chi connectivity index (χ0) is 17.4. The summed E-state index contributed by atoms with van der Waals surface area (Å²) in [7, 11) is 1.61. The van der Waals surface area contributed by atoms with Crippen LogP contribution in [0.1, 0.15) is 18.9 Å². The van der Waals surface area contributed by atoms with E-state index in [4.69, 9.17) is 4.74 Å². The van der Waals surface area contributed by atoms with Gasteiger partial charge < -0.3 is 4.74 Å². The van der Waals surface area contributed by atoms with Crippen LogP contribution in [0.5, 0.6) is 5.75 Å². The lowest BCUT2D eigenvalue weighted by atomic mass is 10.1. The molecule has 0 saturated carbocycles. The molecule has 0 saturated heterocycles. The third kappa shape index (κ3) is 5.70. The average molecular weight is 346 g/mol. The second-order valence-electron chi connectivity index (χ2n) is 5.01. The lowest BCUT2D eigenvalue weighted by Gasteiger charge is -2.05. The first-order valence-electron chi connectivity index (χ1n) is 7.44. The highest BCUT2D eigenvalue weighted by atomic mass is 32.2. The van der Waals surface area contributed by atoms with Gasteiger partial charge in [0.15, 0.2) is 0 Å². The molecule has 24 heavy (non-hydrogen) atoms. The Bertz CT molecular complexity index is 700. The quantitative estimate of drug-likeness (QED) is 0.470. The number of nitrogens with one attached hydrogen (secondary N) is 1. The van der Waals surface area contributed by atoms with E-state index in [1.807, 2.05) is 31.2 Å². The van der Waals surface area contributed by atoms with Crippen LogP contribution in [0, 0.1) is 5.82 Å². The molecule has 0 aliphatic carbocycles. The van der Waals surface area contributed by atoms with Gasteiger partial charge in [0.05, 0.1) is 12.8 Å². The zero-order valence-electron chi connectivity index (χ0n) is 13.6. The van der Waals surface area contributed by atoms with Crippen molar-refractivity contribution in [3.63, 3.8) is 0 Å². The van der Waals surface area contributed by atoms with E-state index in [2.05, 4.69) is 10.5 Å². The van der Waals surface area contributed by atoms with E-state index >= 15 is 0 Å². The van der Waals surface area contributed by atoms with Gasteiger partial charge in [-0.05, 0) is 61.0 Å². The maximum Gasteiger partial charge on any atom is 0.240 e. The molecule has 0 bridgehead atoms. The summed E-state index contributed by atoms with van der Waals surface area (Å²) in [6.45, 7) is 1.83. The number of rotatable bonds is 7. The average Bonchev–Trinajstić information content (AvgIpc) is 2.61. The van der Waals surface area contributed by atoms with Crippen molar-refractivity contribution < 1.29 is 13.9 Å². The molecule has 0 aliphatic rings. The number of halogens is 1. The smallest absolute Gasteiger partial charge is 0.240 e. The molecule has 1 N–H and O–H groups in total. The second-order valence-corrected chi connectivity index (χ2v) is 6.18. The Balaban J connectivity index is 1.77. The fraction of sp³-hybridized carbons (Fsp3) is 0.222. The second kappa shape index (κ2) is 9.08. The van der Waals surface area contributed by atoms with Crippen LogP contribution in [0.4, 0.5) is 4.39 Å². The number of ether oxygens (including phenoxy) is 1. The van der Waals surface area contributed by atoms with Gasteiger partial charge in [-0.2, -0.15) is 5.10 Å². The molecule has 1 amide bonds. The molecule has 0 fully saturated rings. The summed E-state index contributed by atoms with van der Waals surface area (Å²) < 4.78 is 17.9. The summed E-state index contributed by atoms with van der Waals surface area (Å²) in [5, 5.41) is 4.10. The van der Waals surface area contributed by atoms with Crippen molar-refractivity contribution in [3.05, 3.63) is 59.9 Å². The van der Waals surface area contributed by atoms with Gasteiger partial charge in [-0.25, -0.2) is 9.82 Å². The topological polar surface area (TPSA) is 50.7 Å². The fourth-order valence-corrected chi connectivity index (χ4v) is 2.74. The minimum Gasteiger partial charge on any atom is -0.497 e. The van der Waals surface area contributed by atoms with Gasteiger partial charge in [-0.3, -0.25) is 4.79 Å². The predicted molar refractivity (Wildman–Crippen MR) is 95.1 cm³/mol. The molecule has 0 spiro atoms. The number of thioether (sulfide) groups is 1. The number of hydrogen-bond donors (Lipinski definition) is 1. The molecule has 4 nitrogen and oxygen atoms in total. The zero-order valence-corrected chi connectivity index (χ0v) is 14.4. The molecule has 6 heteroatoms. The number of nitrogens with zero attached hydrogens (tertiary/aromatic N) is 1. The summed E-state index contributed by atoms with van der Waals surface area (Å²) in [6.07, 6.45) is 0.335. The van der Waals surface area contributed by atoms with Crippen molar-refractivity contribution in [1.82, 2.24) is 5.43 Å². The Kier molecular flexibility index (Phi) is 6.81. The van der Waals surface area contributed by atoms with Crippen molar-refractivity contribution in [2.24, 2.45) is 5.10 Å². The summed E-state index contributed by atoms with van der Waals surface area (Å²) in [5.41, 5.74) is 4.18. The SMILES string of the molecule is COc1ccc(/C(C)=N\NC(=O)CCSc2ccc(F)cc2)cc1. The first-order valence-corrected chi connectivity index (χ1v) is 8.43. The van der Waals surface area contributed by atoms with E-state index in [1.54, 1.807) is 19.2 Å². The molecule has 0 aliphatic heterocycles. The summed E-state index contributed by atoms with van der Waals surface area (Å²) in [4.78, 5) is 12.7. The highest BCUT2D eigenvalue weighted by Gasteiger charge is 2.03. The number of carbonyl (C=O) groups excluding carboxylic acids is 1. The monoisotopic (exact) mass is 346 g/mol. The minimum absolute atomic E-state index is 0.155. The van der Waals surface area contributed by atoms with E-state index < -0.39 is 0 Å². The van der Waals surface area contributed by atoms with E-state index in [1.165, 1.54) is 23.9 Å². The highest BCUT2D eigenvalue weighted by Crippen LogP contribution is 2.18. The molecule has 2 aromatic carbocycles. The molecule has 0 heterocycles. The van der Waals surface area contributed by atoms with E-state index in [0.717, 1.165) is 21.9 Å². The van der Waals surface area contributed by atoms with Crippen LogP contribution in [0.25, 0.3) is 0 Å². The summed E-state index contributed by atoms with van der Waals surface area (Å²) in [5.74, 6) is 0.959. The predicted octanol–water partition coefficient (Wildman–Crippen LogP) is 3.86. The maximum absolute atomic E-state index is 12.8. The van der Waals surface area contributed by atoms with Crippen LogP contribution in [0.15, 0.2) is 58.5 Å².